The summed E-state index contributed by atoms with van der Waals surface area (Å²) >= 11 is 0. The average Bonchev–Trinajstić information content (AvgIpc) is 3.12. The van der Waals surface area contributed by atoms with Crippen LogP contribution in [0.3, 0.4) is 0 Å². The van der Waals surface area contributed by atoms with Crippen LogP contribution in [0.25, 0.3) is 11.0 Å². The number of fused-ring (bicyclic) bond motifs is 2. The Morgan fingerprint density at radius 1 is 1.05 bits per heavy atom. The number of aromatic nitrogens is 2. The fraction of sp³-hybridized carbons (Fsp3) is 0.222. The number of benzene rings is 2. The van der Waals surface area contributed by atoms with Crippen LogP contribution < -0.4 is 4.90 Å². The molecule has 110 valence electrons. The fourth-order valence-corrected chi connectivity index (χ4v) is 3.20. The van der Waals surface area contributed by atoms with Crippen LogP contribution in [0.1, 0.15) is 16.7 Å². The number of nitrogens with zero attached hydrogens (tertiary/aromatic N) is 3. The van der Waals surface area contributed by atoms with Gasteiger partial charge in [-0.2, -0.15) is 0 Å². The lowest BCUT2D eigenvalue weighted by Gasteiger charge is -2.24. The average molecular weight is 290 g/mol. The lowest BCUT2D eigenvalue weighted by Crippen LogP contribution is -2.12. The molecule has 1 aromatic heterocycles. The third-order valence-corrected chi connectivity index (χ3v) is 4.40. The van der Waals surface area contributed by atoms with Crippen molar-refractivity contribution in [2.75, 3.05) is 11.9 Å². The van der Waals surface area contributed by atoms with Gasteiger partial charge in [0.25, 0.3) is 0 Å². The van der Waals surface area contributed by atoms with Crippen LogP contribution in [-0.2, 0) is 6.42 Å². The molecule has 22 heavy (non-hydrogen) atoms. The van der Waals surface area contributed by atoms with Gasteiger partial charge in [-0.3, -0.25) is 4.99 Å². The molecule has 4 heteroatoms. The van der Waals surface area contributed by atoms with Gasteiger partial charge in [0, 0.05) is 31.1 Å². The number of H-pyrrole nitrogens is 1. The van der Waals surface area contributed by atoms with Crippen LogP contribution in [-0.4, -0.2) is 23.2 Å². The van der Waals surface area contributed by atoms with Crippen LogP contribution in [0.15, 0.2) is 35.6 Å². The van der Waals surface area contributed by atoms with Crippen molar-refractivity contribution in [1.82, 2.24) is 9.97 Å². The summed E-state index contributed by atoms with van der Waals surface area (Å²) in [6.07, 6.45) is 4.66. The first-order valence-corrected chi connectivity index (χ1v) is 7.47. The molecule has 0 saturated carbocycles. The maximum absolute atomic E-state index is 4.47. The van der Waals surface area contributed by atoms with Crippen molar-refractivity contribution < 1.29 is 0 Å². The minimum Gasteiger partial charge on any atom is -0.345 e. The predicted octanol–water partition coefficient (Wildman–Crippen LogP) is 4.21. The zero-order chi connectivity index (χ0) is 15.3. The zero-order valence-corrected chi connectivity index (χ0v) is 13.0. The molecule has 4 nitrogen and oxygen atoms in total. The van der Waals surface area contributed by atoms with E-state index in [-0.39, 0.29) is 0 Å². The fourth-order valence-electron chi connectivity index (χ4n) is 3.20. The Morgan fingerprint density at radius 2 is 1.82 bits per heavy atom. The van der Waals surface area contributed by atoms with Gasteiger partial charge in [0.15, 0.2) is 0 Å². The summed E-state index contributed by atoms with van der Waals surface area (Å²) in [5.41, 5.74) is 9.32. The van der Waals surface area contributed by atoms with Gasteiger partial charge >= 0.3 is 0 Å². The summed E-state index contributed by atoms with van der Waals surface area (Å²) in [6.45, 7) is 4.29. The Bertz CT molecular complexity index is 905. The molecule has 0 aliphatic carbocycles. The summed E-state index contributed by atoms with van der Waals surface area (Å²) in [5.74, 6) is 0. The van der Waals surface area contributed by atoms with Gasteiger partial charge < -0.3 is 9.88 Å². The largest absolute Gasteiger partial charge is 0.345 e. The molecular formula is C18H18N4. The smallest absolute Gasteiger partial charge is 0.0931 e. The first-order valence-electron chi connectivity index (χ1n) is 7.47. The standard InChI is InChI=1S/C18H18N4/c1-11-6-13-4-5-19-14(13)8-17(11)22(3)18-9-16-15(7-12(18)2)20-10-21-16/h5-10H,4H2,1-3H3,(H,20,21). The molecule has 1 aliphatic heterocycles. The molecule has 0 radical (unpaired) electrons. The second kappa shape index (κ2) is 4.70. The van der Waals surface area contributed by atoms with E-state index in [4.69, 9.17) is 0 Å². The molecule has 1 N–H and O–H groups in total. The van der Waals surface area contributed by atoms with Crippen LogP contribution in [0, 0.1) is 13.8 Å². The number of hydrogen-bond acceptors (Lipinski definition) is 3. The van der Waals surface area contributed by atoms with Gasteiger partial charge in [0.05, 0.1) is 23.0 Å². The number of aryl methyl sites for hydroxylation is 2. The summed E-state index contributed by atoms with van der Waals surface area (Å²) in [4.78, 5) is 14.2. The van der Waals surface area contributed by atoms with Gasteiger partial charge in [0.2, 0.25) is 0 Å². The Labute approximate surface area is 129 Å². The molecule has 2 aromatic carbocycles. The van der Waals surface area contributed by atoms with E-state index in [0.29, 0.717) is 0 Å². The van der Waals surface area contributed by atoms with E-state index < -0.39 is 0 Å². The summed E-state index contributed by atoms with van der Waals surface area (Å²) in [5, 5.41) is 0. The lowest BCUT2D eigenvalue weighted by atomic mass is 10.0. The topological polar surface area (TPSA) is 44.3 Å². The molecule has 2 heterocycles. The predicted molar refractivity (Wildman–Crippen MR) is 91.9 cm³/mol. The monoisotopic (exact) mass is 290 g/mol. The molecule has 1 aliphatic rings. The Hall–Kier alpha value is -2.62. The molecule has 0 bridgehead atoms. The van der Waals surface area contributed by atoms with Gasteiger partial charge in [-0.15, -0.1) is 0 Å². The van der Waals surface area contributed by atoms with Gasteiger partial charge in [0.1, 0.15) is 0 Å². The second-order valence-corrected chi connectivity index (χ2v) is 5.90. The van der Waals surface area contributed by atoms with E-state index in [2.05, 4.69) is 65.0 Å². The highest BCUT2D eigenvalue weighted by Gasteiger charge is 2.15. The first-order chi connectivity index (χ1) is 10.6. The normalized spacial score (nSPS) is 12.9. The highest BCUT2D eigenvalue weighted by Crippen LogP contribution is 2.36. The molecular weight excluding hydrogens is 272 g/mol. The van der Waals surface area contributed by atoms with Gasteiger partial charge in [-0.1, -0.05) is 6.07 Å². The van der Waals surface area contributed by atoms with Crippen molar-refractivity contribution in [3.8, 4) is 0 Å². The summed E-state index contributed by atoms with van der Waals surface area (Å²) in [7, 11) is 2.11. The SMILES string of the molecule is Cc1cc2c(cc1N(C)c1cc3nc[nH]c3cc1C)N=CC2. The zero-order valence-electron chi connectivity index (χ0n) is 13.0. The maximum Gasteiger partial charge on any atom is 0.0931 e. The van der Waals surface area contributed by atoms with E-state index in [1.807, 2.05) is 6.21 Å². The number of hydrogen-bond donors (Lipinski definition) is 1. The number of aromatic amines is 1. The summed E-state index contributed by atoms with van der Waals surface area (Å²) in [6, 6.07) is 8.71. The van der Waals surface area contributed by atoms with Gasteiger partial charge in [-0.05, 0) is 48.7 Å². The van der Waals surface area contributed by atoms with Crippen LogP contribution in [0.4, 0.5) is 17.1 Å². The van der Waals surface area contributed by atoms with E-state index in [0.717, 1.165) is 23.1 Å². The Balaban J connectivity index is 1.84. The Morgan fingerprint density at radius 3 is 2.68 bits per heavy atom. The molecule has 0 spiro atoms. The number of anilines is 2. The lowest BCUT2D eigenvalue weighted by molar-refractivity contribution is 1.16. The minimum atomic E-state index is 0.943. The van der Waals surface area contributed by atoms with Crippen LogP contribution in [0.5, 0.6) is 0 Å². The molecule has 0 saturated heterocycles. The van der Waals surface area contributed by atoms with Crippen LogP contribution in [0.2, 0.25) is 0 Å². The van der Waals surface area contributed by atoms with Crippen molar-refractivity contribution in [3.05, 3.63) is 47.3 Å². The van der Waals surface area contributed by atoms with Crippen molar-refractivity contribution in [2.24, 2.45) is 4.99 Å². The highest BCUT2D eigenvalue weighted by atomic mass is 15.1. The van der Waals surface area contributed by atoms with E-state index >= 15 is 0 Å². The van der Waals surface area contributed by atoms with E-state index in [1.165, 1.54) is 28.1 Å². The molecule has 0 atom stereocenters. The number of imidazole rings is 1. The molecule has 0 fully saturated rings. The molecule has 4 rings (SSSR count). The Kier molecular flexibility index (Phi) is 2.79. The number of nitrogens with one attached hydrogen (secondary N) is 1. The second-order valence-electron chi connectivity index (χ2n) is 5.90. The van der Waals surface area contributed by atoms with Crippen molar-refractivity contribution in [1.29, 1.82) is 0 Å². The van der Waals surface area contributed by atoms with Crippen molar-refractivity contribution in [3.63, 3.8) is 0 Å². The quantitative estimate of drug-likeness (QED) is 0.768. The van der Waals surface area contributed by atoms with E-state index in [1.54, 1.807) is 6.33 Å². The first kappa shape index (κ1) is 13.1. The maximum atomic E-state index is 4.47. The minimum absolute atomic E-state index is 0.943. The van der Waals surface area contributed by atoms with Crippen LogP contribution >= 0.6 is 0 Å². The van der Waals surface area contributed by atoms with Crippen molar-refractivity contribution >= 4 is 34.3 Å². The molecule has 0 unspecified atom stereocenters. The van der Waals surface area contributed by atoms with Crippen molar-refractivity contribution in [2.45, 2.75) is 20.3 Å². The number of rotatable bonds is 2. The molecule has 0 amide bonds. The molecule has 3 aromatic rings. The highest BCUT2D eigenvalue weighted by molar-refractivity contribution is 5.85. The number of aliphatic imine (C=N–C) groups is 1. The van der Waals surface area contributed by atoms with E-state index in [9.17, 15) is 0 Å². The third-order valence-electron chi connectivity index (χ3n) is 4.40. The van der Waals surface area contributed by atoms with Gasteiger partial charge in [-0.25, -0.2) is 4.98 Å². The third kappa shape index (κ3) is 1.91. The summed E-state index contributed by atoms with van der Waals surface area (Å²) < 4.78 is 0.